The van der Waals surface area contributed by atoms with E-state index in [2.05, 4.69) is 14.7 Å². The Morgan fingerprint density at radius 2 is 1.69 bits per heavy atom. The van der Waals surface area contributed by atoms with Crippen molar-refractivity contribution in [1.82, 2.24) is 4.37 Å². The van der Waals surface area contributed by atoms with Crippen LogP contribution in [0.4, 0.5) is 50.9 Å². The first-order valence-corrected chi connectivity index (χ1v) is 13.0. The van der Waals surface area contributed by atoms with Crippen LogP contribution in [0.25, 0.3) is 0 Å². The van der Waals surface area contributed by atoms with Gasteiger partial charge in [0.2, 0.25) is 0 Å². The van der Waals surface area contributed by atoms with Crippen molar-refractivity contribution in [2.45, 2.75) is 44.2 Å². The maximum atomic E-state index is 15.0. The summed E-state index contributed by atoms with van der Waals surface area (Å²) in [6, 6.07) is 4.33. The molecule has 0 saturated carbocycles. The molecule has 0 bridgehead atoms. The third-order valence-corrected chi connectivity index (χ3v) is 7.71. The van der Waals surface area contributed by atoms with Gasteiger partial charge in [-0.1, -0.05) is 36.1 Å². The highest BCUT2D eigenvalue weighted by molar-refractivity contribution is 7.66. The van der Waals surface area contributed by atoms with Gasteiger partial charge in [0.05, 0.1) is 5.69 Å². The predicted octanol–water partition coefficient (Wildman–Crippen LogP) is 6.93. The summed E-state index contributed by atoms with van der Waals surface area (Å²) in [5.41, 5.74) is -8.71. The van der Waals surface area contributed by atoms with E-state index in [1.807, 2.05) is 0 Å². The van der Waals surface area contributed by atoms with Crippen LogP contribution < -0.4 is 15.5 Å². The molecule has 0 aliphatic rings. The number of rotatable bonds is 6. The first-order chi connectivity index (χ1) is 17.8. The van der Waals surface area contributed by atoms with Crippen LogP contribution in [0.2, 0.25) is 5.15 Å². The fourth-order valence-corrected chi connectivity index (χ4v) is 5.54. The second-order valence-corrected chi connectivity index (χ2v) is 10.3. The number of aromatic nitrogens is 1. The van der Waals surface area contributed by atoms with Gasteiger partial charge < -0.3 is 5.32 Å². The van der Waals surface area contributed by atoms with Gasteiger partial charge in [0.25, 0.3) is 5.91 Å². The van der Waals surface area contributed by atoms with Crippen molar-refractivity contribution in [3.05, 3.63) is 62.4 Å². The van der Waals surface area contributed by atoms with Crippen molar-refractivity contribution in [2.24, 2.45) is 4.99 Å². The van der Waals surface area contributed by atoms with E-state index in [-0.39, 0.29) is 57.2 Å². The van der Waals surface area contributed by atoms with Crippen molar-refractivity contribution in [3.63, 3.8) is 0 Å². The number of nitrogens with one attached hydrogen (secondary N) is 1. The van der Waals surface area contributed by atoms with Crippen molar-refractivity contribution in [1.29, 1.82) is 0 Å². The Kier molecular flexibility index (Phi) is 8.54. The number of alkyl halides is 9. The molecular formula is C22H14BClF9N3OS2. The normalized spacial score (nSPS) is 14.8. The first kappa shape index (κ1) is 30.9. The molecule has 1 unspecified atom stereocenters. The molecular weight excluding hydrogens is 604 g/mol. The SMILES string of the molecule is [B]c1cc(C(=O)Nc2c(C)cc(C(F)(C(F)(F)F)C(F)(F)C(F)(F)F)cc2CC)ccc1N=c1ssnc1Cl. The van der Waals surface area contributed by atoms with Crippen molar-refractivity contribution >= 4 is 63.1 Å². The molecule has 39 heavy (non-hydrogen) atoms. The summed E-state index contributed by atoms with van der Waals surface area (Å²) >= 11 is 5.90. The van der Waals surface area contributed by atoms with Crippen LogP contribution in [0, 0.1) is 6.92 Å². The summed E-state index contributed by atoms with van der Waals surface area (Å²) < 4.78 is 126. The Balaban J connectivity index is 2.03. The lowest BCUT2D eigenvalue weighted by molar-refractivity contribution is -0.389. The quantitative estimate of drug-likeness (QED) is 0.185. The Morgan fingerprint density at radius 3 is 2.18 bits per heavy atom. The van der Waals surface area contributed by atoms with Crippen molar-refractivity contribution in [2.75, 3.05) is 5.32 Å². The highest BCUT2D eigenvalue weighted by Gasteiger charge is 2.81. The third kappa shape index (κ3) is 5.68. The molecule has 4 nitrogen and oxygen atoms in total. The van der Waals surface area contributed by atoms with Crippen LogP contribution in [0.5, 0.6) is 0 Å². The number of amides is 1. The first-order valence-electron chi connectivity index (χ1n) is 10.6. The minimum atomic E-state index is -6.85. The van der Waals surface area contributed by atoms with Crippen LogP contribution in [-0.2, 0) is 12.1 Å². The smallest absolute Gasteiger partial charge is 0.321 e. The van der Waals surface area contributed by atoms with E-state index in [4.69, 9.17) is 19.4 Å². The lowest BCUT2D eigenvalue weighted by atomic mass is 9.85. The maximum Gasteiger partial charge on any atom is 0.457 e. The second-order valence-electron chi connectivity index (χ2n) is 8.09. The predicted molar refractivity (Wildman–Crippen MR) is 130 cm³/mol. The highest BCUT2D eigenvalue weighted by Crippen LogP contribution is 2.58. The van der Waals surface area contributed by atoms with E-state index in [1.165, 1.54) is 35.5 Å². The largest absolute Gasteiger partial charge is 0.457 e. The van der Waals surface area contributed by atoms with Gasteiger partial charge in [-0.05, 0) is 53.0 Å². The minimum absolute atomic E-state index is 0.0432. The fourth-order valence-electron chi connectivity index (χ4n) is 3.55. The van der Waals surface area contributed by atoms with Crippen LogP contribution >= 0.6 is 32.5 Å². The number of hydrogen-bond donors (Lipinski definition) is 1. The molecule has 3 aromatic rings. The zero-order valence-electron chi connectivity index (χ0n) is 19.6. The molecule has 2 radical (unpaired) electrons. The van der Waals surface area contributed by atoms with Crippen molar-refractivity contribution in [3.8, 4) is 0 Å². The molecule has 3 rings (SSSR count). The number of carbonyl (C=O) groups is 1. The number of aryl methyl sites for hydroxylation is 2. The third-order valence-electron chi connectivity index (χ3n) is 5.54. The van der Waals surface area contributed by atoms with Crippen molar-refractivity contribution < 1.29 is 44.3 Å². The van der Waals surface area contributed by atoms with Gasteiger partial charge in [-0.25, -0.2) is 9.38 Å². The lowest BCUT2D eigenvalue weighted by Gasteiger charge is -2.36. The molecule has 1 heterocycles. The topological polar surface area (TPSA) is 54.4 Å². The molecule has 0 fully saturated rings. The standard InChI is InChI=1S/C22H14BClF9N3OS2/c1-3-10-7-12(19(25,21(28,29)30)20(26,27)22(31,32)33)6-9(2)15(10)35-17(37)11-4-5-14(13(23)8-11)34-18-16(24)36-39-38-18/h4-8H,3H2,1-2H3,(H,35,37). The summed E-state index contributed by atoms with van der Waals surface area (Å²) in [5.74, 6) is -7.66. The number of benzene rings is 2. The van der Waals surface area contributed by atoms with E-state index >= 15 is 0 Å². The lowest BCUT2D eigenvalue weighted by Crippen LogP contribution is -2.59. The monoisotopic (exact) mass is 617 g/mol. The molecule has 17 heteroatoms. The molecule has 1 atom stereocenters. The van der Waals surface area contributed by atoms with Crippen LogP contribution in [0.15, 0.2) is 35.3 Å². The molecule has 0 saturated heterocycles. The Hall–Kier alpha value is -2.59. The summed E-state index contributed by atoms with van der Waals surface area (Å²) in [7, 11) is 8.21. The van der Waals surface area contributed by atoms with E-state index in [0.29, 0.717) is 4.67 Å². The Labute approximate surface area is 228 Å². The molecule has 0 spiro atoms. The van der Waals surface area contributed by atoms with Crippen LogP contribution in [0.3, 0.4) is 0 Å². The molecule has 1 amide bonds. The average molecular weight is 618 g/mol. The molecule has 0 aliphatic heterocycles. The van der Waals surface area contributed by atoms with Crippen LogP contribution in [-0.4, -0.2) is 36.4 Å². The molecule has 2 aromatic carbocycles. The van der Waals surface area contributed by atoms with Gasteiger partial charge in [0.1, 0.15) is 7.85 Å². The maximum absolute atomic E-state index is 15.0. The number of carbonyl (C=O) groups excluding carboxylic acids is 1. The van der Waals surface area contributed by atoms with Gasteiger partial charge in [-0.3, -0.25) is 4.79 Å². The van der Waals surface area contributed by atoms with E-state index in [0.717, 1.165) is 17.5 Å². The second kappa shape index (κ2) is 10.8. The number of nitrogens with zero attached hydrogens (tertiary/aromatic N) is 2. The van der Waals surface area contributed by atoms with E-state index in [1.54, 1.807) is 0 Å². The fraction of sp³-hybridized carbons (Fsp3) is 0.318. The zero-order valence-corrected chi connectivity index (χ0v) is 22.0. The van der Waals surface area contributed by atoms with Gasteiger partial charge in [-0.2, -0.15) is 39.5 Å². The number of hydrogen-bond acceptors (Lipinski definition) is 5. The van der Waals surface area contributed by atoms with E-state index in [9.17, 15) is 44.3 Å². The van der Waals surface area contributed by atoms with Gasteiger partial charge in [-0.15, -0.1) is 0 Å². The van der Waals surface area contributed by atoms with Gasteiger partial charge >= 0.3 is 23.9 Å². The van der Waals surface area contributed by atoms with Crippen LogP contribution in [0.1, 0.15) is 34.0 Å². The van der Waals surface area contributed by atoms with Gasteiger partial charge in [0.15, 0.2) is 9.82 Å². The van der Waals surface area contributed by atoms with Gasteiger partial charge in [0, 0.05) is 27.4 Å². The Morgan fingerprint density at radius 1 is 1.05 bits per heavy atom. The summed E-state index contributed by atoms with van der Waals surface area (Å²) in [5, 5.41) is 2.51. The molecule has 208 valence electrons. The van der Waals surface area contributed by atoms with E-state index < -0.39 is 35.4 Å². The zero-order chi connectivity index (χ0) is 29.6. The molecule has 1 aromatic heterocycles. The summed E-state index contributed by atoms with van der Waals surface area (Å²) in [4.78, 5) is 17.1. The number of halogens is 10. The minimum Gasteiger partial charge on any atom is -0.321 e. The Bertz CT molecular complexity index is 1470. The summed E-state index contributed by atoms with van der Waals surface area (Å²) in [6.07, 6.45) is -13.7. The number of anilines is 1. The molecule has 1 N–H and O–H groups in total. The average Bonchev–Trinajstić information content (AvgIpc) is 3.23. The summed E-state index contributed by atoms with van der Waals surface area (Å²) in [6.45, 7) is 2.35. The molecule has 0 aliphatic carbocycles. The highest BCUT2D eigenvalue weighted by atomic mass is 35.5.